The molecule has 1 aromatic rings. The molecule has 1 aromatic carbocycles. The molecule has 122 valence electrons. The minimum Gasteiger partial charge on any atom is -0.379 e. The first-order chi connectivity index (χ1) is 11.2. The van der Waals surface area contributed by atoms with Gasteiger partial charge in [-0.15, -0.1) is 0 Å². The number of nitrogens with zero attached hydrogens (tertiary/aromatic N) is 2. The highest BCUT2D eigenvalue weighted by Crippen LogP contribution is 2.18. The predicted octanol–water partition coefficient (Wildman–Crippen LogP) is 2.09. The molecule has 6 heteroatoms. The van der Waals surface area contributed by atoms with Gasteiger partial charge in [-0.1, -0.05) is 29.8 Å². The van der Waals surface area contributed by atoms with Gasteiger partial charge in [0.1, 0.15) is 11.6 Å². The first-order valence-electron chi connectivity index (χ1n) is 7.65. The number of morpholine rings is 1. The van der Waals surface area contributed by atoms with E-state index in [1.54, 1.807) is 18.2 Å². The van der Waals surface area contributed by atoms with E-state index in [4.69, 9.17) is 21.6 Å². The molecule has 1 amide bonds. The predicted molar refractivity (Wildman–Crippen MR) is 89.9 cm³/mol. The normalized spacial score (nSPS) is 15.9. The molecule has 23 heavy (non-hydrogen) atoms. The lowest BCUT2D eigenvalue weighted by Gasteiger charge is -2.26. The van der Waals surface area contributed by atoms with Gasteiger partial charge in [0.15, 0.2) is 0 Å². The molecule has 1 heterocycles. The molecule has 1 aliphatic heterocycles. The quantitative estimate of drug-likeness (QED) is 0.492. The van der Waals surface area contributed by atoms with Gasteiger partial charge in [-0.2, -0.15) is 5.26 Å². The van der Waals surface area contributed by atoms with Crippen molar-refractivity contribution in [2.45, 2.75) is 6.42 Å². The van der Waals surface area contributed by atoms with Crippen LogP contribution in [0.3, 0.4) is 0 Å². The first kappa shape index (κ1) is 17.5. The van der Waals surface area contributed by atoms with Crippen LogP contribution in [0.5, 0.6) is 0 Å². The molecule has 0 unspecified atom stereocenters. The van der Waals surface area contributed by atoms with Crippen molar-refractivity contribution in [1.29, 1.82) is 5.26 Å². The Hall–Kier alpha value is -1.87. The van der Waals surface area contributed by atoms with Crippen molar-refractivity contribution >= 4 is 23.6 Å². The van der Waals surface area contributed by atoms with Gasteiger partial charge in [-0.3, -0.25) is 9.69 Å². The van der Waals surface area contributed by atoms with E-state index in [-0.39, 0.29) is 11.5 Å². The van der Waals surface area contributed by atoms with Gasteiger partial charge >= 0.3 is 0 Å². The molecule has 1 aliphatic rings. The van der Waals surface area contributed by atoms with Gasteiger partial charge in [-0.25, -0.2) is 0 Å². The number of ether oxygens (including phenoxy) is 1. The van der Waals surface area contributed by atoms with E-state index < -0.39 is 0 Å². The summed E-state index contributed by atoms with van der Waals surface area (Å²) in [6, 6.07) is 9.04. The molecule has 0 atom stereocenters. The maximum absolute atomic E-state index is 12.1. The van der Waals surface area contributed by atoms with Crippen LogP contribution in [-0.2, 0) is 9.53 Å². The van der Waals surface area contributed by atoms with Crippen molar-refractivity contribution in [2.24, 2.45) is 0 Å². The summed E-state index contributed by atoms with van der Waals surface area (Å²) in [5.74, 6) is -0.366. The molecule has 0 spiro atoms. The minimum absolute atomic E-state index is 0.0597. The molecule has 0 aliphatic carbocycles. The smallest absolute Gasteiger partial charge is 0.261 e. The number of nitriles is 1. The third kappa shape index (κ3) is 5.68. The van der Waals surface area contributed by atoms with Crippen LogP contribution in [0.25, 0.3) is 6.08 Å². The monoisotopic (exact) mass is 333 g/mol. The van der Waals surface area contributed by atoms with Crippen LogP contribution in [0, 0.1) is 11.3 Å². The fourth-order valence-electron chi connectivity index (χ4n) is 2.32. The van der Waals surface area contributed by atoms with Gasteiger partial charge in [-0.05, 0) is 30.7 Å². The second-order valence-electron chi connectivity index (χ2n) is 5.25. The Balaban J connectivity index is 1.81. The van der Waals surface area contributed by atoms with Crippen LogP contribution in [0.4, 0.5) is 0 Å². The molecule has 1 saturated heterocycles. The summed E-state index contributed by atoms with van der Waals surface area (Å²) in [6.45, 7) is 4.86. The SMILES string of the molecule is N#CC(=Cc1ccccc1Cl)C(=O)NCCCN1CCOCC1. The number of amides is 1. The molecule has 1 N–H and O–H groups in total. The lowest BCUT2D eigenvalue weighted by atomic mass is 10.1. The zero-order valence-electron chi connectivity index (χ0n) is 12.9. The largest absolute Gasteiger partial charge is 0.379 e. The molecule has 2 rings (SSSR count). The second-order valence-corrected chi connectivity index (χ2v) is 5.66. The highest BCUT2D eigenvalue weighted by atomic mass is 35.5. The van der Waals surface area contributed by atoms with Crippen LogP contribution in [-0.4, -0.2) is 50.2 Å². The van der Waals surface area contributed by atoms with Crippen molar-refractivity contribution in [3.8, 4) is 6.07 Å². The number of halogens is 1. The number of carbonyl (C=O) groups excluding carboxylic acids is 1. The van der Waals surface area contributed by atoms with Crippen LogP contribution >= 0.6 is 11.6 Å². The number of nitrogens with one attached hydrogen (secondary N) is 1. The number of carbonyl (C=O) groups is 1. The fraction of sp³-hybridized carbons (Fsp3) is 0.412. The lowest BCUT2D eigenvalue weighted by Crippen LogP contribution is -2.38. The van der Waals surface area contributed by atoms with Crippen LogP contribution in [0.1, 0.15) is 12.0 Å². The molecule has 0 aromatic heterocycles. The third-order valence-electron chi connectivity index (χ3n) is 3.61. The summed E-state index contributed by atoms with van der Waals surface area (Å²) in [7, 11) is 0. The van der Waals surface area contributed by atoms with Crippen molar-refractivity contribution in [3.63, 3.8) is 0 Å². The Labute approximate surface area is 141 Å². The van der Waals surface area contributed by atoms with Crippen molar-refractivity contribution in [3.05, 3.63) is 40.4 Å². The van der Waals surface area contributed by atoms with Crippen molar-refractivity contribution in [2.75, 3.05) is 39.4 Å². The minimum atomic E-state index is -0.366. The Bertz CT molecular complexity index is 604. The van der Waals surface area contributed by atoms with Crippen molar-refractivity contribution in [1.82, 2.24) is 10.2 Å². The number of rotatable bonds is 6. The second kappa shape index (κ2) is 9.31. The maximum Gasteiger partial charge on any atom is 0.261 e. The average Bonchev–Trinajstić information content (AvgIpc) is 2.59. The van der Waals surface area contributed by atoms with E-state index in [1.165, 1.54) is 6.08 Å². The maximum atomic E-state index is 12.1. The lowest BCUT2D eigenvalue weighted by molar-refractivity contribution is -0.117. The highest BCUT2D eigenvalue weighted by Gasteiger charge is 2.11. The van der Waals surface area contributed by atoms with E-state index in [2.05, 4.69) is 10.2 Å². The Kier molecular flexibility index (Phi) is 7.08. The Morgan fingerprint density at radius 1 is 1.39 bits per heavy atom. The average molecular weight is 334 g/mol. The molecule has 1 fully saturated rings. The third-order valence-corrected chi connectivity index (χ3v) is 3.95. The summed E-state index contributed by atoms with van der Waals surface area (Å²) in [5.41, 5.74) is 0.721. The first-order valence-corrected chi connectivity index (χ1v) is 8.03. The van der Waals surface area contributed by atoms with Gasteiger partial charge in [0.05, 0.1) is 13.2 Å². The van der Waals surface area contributed by atoms with Crippen molar-refractivity contribution < 1.29 is 9.53 Å². The van der Waals surface area contributed by atoms with E-state index in [0.29, 0.717) is 17.1 Å². The highest BCUT2D eigenvalue weighted by molar-refractivity contribution is 6.32. The molecular weight excluding hydrogens is 314 g/mol. The van der Waals surface area contributed by atoms with Gasteiger partial charge in [0.2, 0.25) is 0 Å². The van der Waals surface area contributed by atoms with E-state index in [0.717, 1.165) is 39.3 Å². The van der Waals surface area contributed by atoms with Crippen LogP contribution in [0.2, 0.25) is 5.02 Å². The molecule has 0 radical (unpaired) electrons. The Morgan fingerprint density at radius 3 is 2.83 bits per heavy atom. The number of hydrogen-bond donors (Lipinski definition) is 1. The fourth-order valence-corrected chi connectivity index (χ4v) is 2.51. The number of hydrogen-bond acceptors (Lipinski definition) is 4. The number of benzene rings is 1. The summed E-state index contributed by atoms with van der Waals surface area (Å²) in [6.07, 6.45) is 2.36. The van der Waals surface area contributed by atoms with Gasteiger partial charge in [0, 0.05) is 24.7 Å². The van der Waals surface area contributed by atoms with Gasteiger partial charge in [0.25, 0.3) is 5.91 Å². The topological polar surface area (TPSA) is 65.4 Å². The van der Waals surface area contributed by atoms with Gasteiger partial charge < -0.3 is 10.1 Å². The summed E-state index contributed by atoms with van der Waals surface area (Å²) in [4.78, 5) is 14.4. The molecule has 0 saturated carbocycles. The zero-order valence-corrected chi connectivity index (χ0v) is 13.7. The molecular formula is C17H20ClN3O2. The molecule has 0 bridgehead atoms. The summed E-state index contributed by atoms with van der Waals surface area (Å²) in [5, 5.41) is 12.5. The van der Waals surface area contributed by atoms with E-state index in [9.17, 15) is 4.79 Å². The molecule has 5 nitrogen and oxygen atoms in total. The summed E-state index contributed by atoms with van der Waals surface area (Å²) < 4.78 is 5.29. The van der Waals surface area contributed by atoms with E-state index in [1.807, 2.05) is 12.1 Å². The van der Waals surface area contributed by atoms with Crippen LogP contribution in [0.15, 0.2) is 29.8 Å². The van der Waals surface area contributed by atoms with Crippen LogP contribution < -0.4 is 5.32 Å². The Morgan fingerprint density at radius 2 is 2.13 bits per heavy atom. The summed E-state index contributed by atoms with van der Waals surface area (Å²) >= 11 is 6.04. The standard InChI is InChI=1S/C17H20ClN3O2/c18-16-5-2-1-4-14(16)12-15(13-19)17(22)20-6-3-7-21-8-10-23-11-9-21/h1-2,4-5,12H,3,6-11H2,(H,20,22). The van der Waals surface area contributed by atoms with E-state index >= 15 is 0 Å². The zero-order chi connectivity index (χ0) is 16.5.